The fraction of sp³-hybridized carbons (Fsp3) is 0.200. The van der Waals surface area contributed by atoms with Crippen LogP contribution in [0.4, 0.5) is 5.69 Å². The van der Waals surface area contributed by atoms with Crippen LogP contribution in [0.2, 0.25) is 0 Å². The zero-order valence-corrected chi connectivity index (χ0v) is 15.6. The zero-order valence-electron chi connectivity index (χ0n) is 15.6. The number of nitrogens with one attached hydrogen (secondary N) is 2. The van der Waals surface area contributed by atoms with Crippen LogP contribution < -0.4 is 10.1 Å². The minimum atomic E-state index is -0.585. The Morgan fingerprint density at radius 3 is 2.57 bits per heavy atom. The van der Waals surface area contributed by atoms with E-state index in [9.17, 15) is 9.59 Å². The van der Waals surface area contributed by atoms with Gasteiger partial charge in [0.2, 0.25) is 0 Å². The average molecular weight is 380 g/mol. The molecule has 2 aromatic carbocycles. The second-order valence-electron chi connectivity index (χ2n) is 5.94. The Morgan fingerprint density at radius 2 is 1.82 bits per heavy atom. The van der Waals surface area contributed by atoms with Crippen molar-refractivity contribution in [3.05, 3.63) is 59.8 Å². The van der Waals surface area contributed by atoms with Gasteiger partial charge in [0, 0.05) is 11.3 Å². The molecule has 144 valence electrons. The molecule has 0 unspecified atom stereocenters. The van der Waals surface area contributed by atoms with Crippen LogP contribution in [0, 0.1) is 6.92 Å². The standard InChI is InChI=1S/C20H20N4O4/c1-3-27-20(26)19-18(22-24-23-19)15-6-4-5-7-16(15)28-12-17(25)21-14-10-8-13(2)9-11-14/h4-11H,3,12H2,1-2H3,(H,21,25)(H,22,23,24). The first-order chi connectivity index (χ1) is 13.6. The van der Waals surface area contributed by atoms with Crippen molar-refractivity contribution in [3.63, 3.8) is 0 Å². The Kier molecular flexibility index (Phi) is 6.01. The summed E-state index contributed by atoms with van der Waals surface area (Å²) in [6.45, 7) is 3.71. The van der Waals surface area contributed by atoms with Crippen LogP contribution in [-0.2, 0) is 9.53 Å². The number of carbonyl (C=O) groups is 2. The largest absolute Gasteiger partial charge is 0.483 e. The van der Waals surface area contributed by atoms with E-state index in [0.29, 0.717) is 22.7 Å². The van der Waals surface area contributed by atoms with Gasteiger partial charge in [0.15, 0.2) is 12.3 Å². The number of nitrogens with zero attached hydrogens (tertiary/aromatic N) is 2. The number of amides is 1. The third kappa shape index (κ3) is 4.53. The molecule has 0 atom stereocenters. The quantitative estimate of drug-likeness (QED) is 0.611. The molecular formula is C20H20N4O4. The lowest BCUT2D eigenvalue weighted by Crippen LogP contribution is -2.20. The van der Waals surface area contributed by atoms with Crippen molar-refractivity contribution in [2.75, 3.05) is 18.5 Å². The third-order valence-electron chi connectivity index (χ3n) is 3.85. The molecule has 0 saturated carbocycles. The molecule has 0 spiro atoms. The van der Waals surface area contributed by atoms with E-state index in [4.69, 9.17) is 9.47 Å². The Labute approximate surface area is 161 Å². The summed E-state index contributed by atoms with van der Waals surface area (Å²) in [6.07, 6.45) is 0. The Balaban J connectivity index is 1.73. The fourth-order valence-corrected chi connectivity index (χ4v) is 2.53. The predicted molar refractivity (Wildman–Crippen MR) is 103 cm³/mol. The highest BCUT2D eigenvalue weighted by atomic mass is 16.5. The van der Waals surface area contributed by atoms with Gasteiger partial charge in [0.05, 0.1) is 6.61 Å². The normalized spacial score (nSPS) is 10.4. The van der Waals surface area contributed by atoms with E-state index in [0.717, 1.165) is 5.56 Å². The summed E-state index contributed by atoms with van der Waals surface area (Å²) >= 11 is 0. The Morgan fingerprint density at radius 1 is 1.07 bits per heavy atom. The number of anilines is 1. The van der Waals surface area contributed by atoms with E-state index in [-0.39, 0.29) is 24.8 Å². The number of para-hydroxylation sites is 1. The van der Waals surface area contributed by atoms with Gasteiger partial charge in [-0.2, -0.15) is 10.3 Å². The molecule has 0 aliphatic carbocycles. The van der Waals surface area contributed by atoms with Gasteiger partial charge >= 0.3 is 5.97 Å². The number of esters is 1. The molecule has 0 aliphatic rings. The van der Waals surface area contributed by atoms with Gasteiger partial charge in [-0.3, -0.25) is 4.79 Å². The van der Waals surface area contributed by atoms with Crippen LogP contribution in [0.3, 0.4) is 0 Å². The number of ether oxygens (including phenoxy) is 2. The molecule has 8 heteroatoms. The summed E-state index contributed by atoms with van der Waals surface area (Å²) in [5.74, 6) is -0.483. The van der Waals surface area contributed by atoms with Crippen LogP contribution in [0.15, 0.2) is 48.5 Å². The maximum atomic E-state index is 12.2. The van der Waals surface area contributed by atoms with Crippen LogP contribution in [-0.4, -0.2) is 40.5 Å². The van der Waals surface area contributed by atoms with Crippen molar-refractivity contribution >= 4 is 17.6 Å². The predicted octanol–water partition coefficient (Wildman–Crippen LogP) is 2.97. The Hall–Kier alpha value is -3.68. The monoisotopic (exact) mass is 380 g/mol. The van der Waals surface area contributed by atoms with Crippen molar-refractivity contribution in [2.45, 2.75) is 13.8 Å². The number of hydrogen-bond acceptors (Lipinski definition) is 6. The topological polar surface area (TPSA) is 106 Å². The van der Waals surface area contributed by atoms with E-state index >= 15 is 0 Å². The number of hydrogen-bond donors (Lipinski definition) is 2. The summed E-state index contributed by atoms with van der Waals surface area (Å²) in [5.41, 5.74) is 2.68. The molecule has 2 N–H and O–H groups in total. The molecule has 0 radical (unpaired) electrons. The highest BCUT2D eigenvalue weighted by Gasteiger charge is 2.21. The molecule has 0 saturated heterocycles. The van der Waals surface area contributed by atoms with Crippen molar-refractivity contribution in [1.29, 1.82) is 0 Å². The zero-order chi connectivity index (χ0) is 19.9. The van der Waals surface area contributed by atoms with E-state index in [2.05, 4.69) is 20.7 Å². The van der Waals surface area contributed by atoms with Gasteiger partial charge in [-0.1, -0.05) is 29.8 Å². The van der Waals surface area contributed by atoms with Crippen molar-refractivity contribution in [3.8, 4) is 17.0 Å². The molecule has 1 amide bonds. The van der Waals surface area contributed by atoms with Gasteiger partial charge < -0.3 is 14.8 Å². The molecule has 3 aromatic rings. The van der Waals surface area contributed by atoms with Gasteiger partial charge in [0.1, 0.15) is 11.4 Å². The van der Waals surface area contributed by atoms with Crippen LogP contribution in [0.25, 0.3) is 11.3 Å². The molecule has 0 aliphatic heterocycles. The van der Waals surface area contributed by atoms with E-state index < -0.39 is 5.97 Å². The number of carbonyl (C=O) groups excluding carboxylic acids is 2. The summed E-state index contributed by atoms with van der Waals surface area (Å²) in [4.78, 5) is 24.2. The van der Waals surface area contributed by atoms with Gasteiger partial charge in [-0.05, 0) is 38.1 Å². The summed E-state index contributed by atoms with van der Waals surface area (Å²) < 4.78 is 10.7. The first-order valence-electron chi connectivity index (χ1n) is 8.75. The Bertz CT molecular complexity index is 966. The maximum Gasteiger partial charge on any atom is 0.361 e. The van der Waals surface area contributed by atoms with Gasteiger partial charge in [-0.15, -0.1) is 5.10 Å². The summed E-state index contributed by atoms with van der Waals surface area (Å²) in [7, 11) is 0. The number of rotatable bonds is 7. The first-order valence-corrected chi connectivity index (χ1v) is 8.75. The fourth-order valence-electron chi connectivity index (χ4n) is 2.53. The number of aryl methyl sites for hydroxylation is 1. The highest BCUT2D eigenvalue weighted by molar-refractivity contribution is 5.95. The van der Waals surface area contributed by atoms with Gasteiger partial charge in [-0.25, -0.2) is 4.79 Å². The second-order valence-corrected chi connectivity index (χ2v) is 5.94. The van der Waals surface area contributed by atoms with Crippen LogP contribution in [0.5, 0.6) is 5.75 Å². The number of H-pyrrole nitrogens is 1. The van der Waals surface area contributed by atoms with Gasteiger partial charge in [0.25, 0.3) is 5.91 Å². The second kappa shape index (κ2) is 8.81. The SMILES string of the molecule is CCOC(=O)c1n[nH]nc1-c1ccccc1OCC(=O)Nc1ccc(C)cc1. The molecule has 3 rings (SSSR count). The third-order valence-corrected chi connectivity index (χ3v) is 3.85. The lowest BCUT2D eigenvalue weighted by molar-refractivity contribution is -0.118. The maximum absolute atomic E-state index is 12.2. The molecule has 0 bridgehead atoms. The van der Waals surface area contributed by atoms with E-state index in [1.54, 1.807) is 31.2 Å². The number of benzene rings is 2. The van der Waals surface area contributed by atoms with Crippen molar-refractivity contribution in [1.82, 2.24) is 15.4 Å². The van der Waals surface area contributed by atoms with Crippen LogP contribution >= 0.6 is 0 Å². The summed E-state index contributed by atoms with van der Waals surface area (Å²) in [6, 6.07) is 14.4. The minimum Gasteiger partial charge on any atom is -0.483 e. The molecule has 8 nitrogen and oxygen atoms in total. The first kappa shape index (κ1) is 19.1. The highest BCUT2D eigenvalue weighted by Crippen LogP contribution is 2.30. The molecular weight excluding hydrogens is 360 g/mol. The van der Waals surface area contributed by atoms with Crippen LogP contribution in [0.1, 0.15) is 23.0 Å². The molecule has 1 aromatic heterocycles. The average Bonchev–Trinajstić information content (AvgIpc) is 3.18. The lowest BCUT2D eigenvalue weighted by Gasteiger charge is -2.11. The van der Waals surface area contributed by atoms with Crippen molar-refractivity contribution in [2.24, 2.45) is 0 Å². The van der Waals surface area contributed by atoms with Crippen molar-refractivity contribution < 1.29 is 19.1 Å². The minimum absolute atomic E-state index is 0.0574. The number of aromatic amines is 1. The number of aromatic nitrogens is 3. The van der Waals surface area contributed by atoms with E-state index in [1.807, 2.05) is 31.2 Å². The lowest BCUT2D eigenvalue weighted by atomic mass is 10.1. The smallest absolute Gasteiger partial charge is 0.361 e. The molecule has 28 heavy (non-hydrogen) atoms. The summed E-state index contributed by atoms with van der Waals surface area (Å²) in [5, 5.41) is 13.1. The molecule has 1 heterocycles. The van der Waals surface area contributed by atoms with E-state index in [1.165, 1.54) is 0 Å². The molecule has 0 fully saturated rings.